The summed E-state index contributed by atoms with van der Waals surface area (Å²) in [6.07, 6.45) is 6.69. The zero-order valence-electron chi connectivity index (χ0n) is 19.2. The number of carbonyl (C=O) groups is 1. The van der Waals surface area contributed by atoms with Gasteiger partial charge in [0, 0.05) is 30.5 Å². The highest BCUT2D eigenvalue weighted by Gasteiger charge is 2.35. The summed E-state index contributed by atoms with van der Waals surface area (Å²) < 4.78 is 0. The number of likely N-dealkylation sites (tertiary alicyclic amines) is 1. The van der Waals surface area contributed by atoms with Crippen molar-refractivity contribution in [1.29, 1.82) is 0 Å². The molecule has 0 aromatic rings. The van der Waals surface area contributed by atoms with Crippen molar-refractivity contribution < 1.29 is 4.79 Å². The summed E-state index contributed by atoms with van der Waals surface area (Å²) in [7, 11) is 2.03. The SMILES string of the molecule is C=CC(=C)N1CCCC(CCNC)(CCNC(C(=C)N)C(C)C)C1.C=O.CC. The van der Waals surface area contributed by atoms with Gasteiger partial charge in [0.25, 0.3) is 0 Å². The summed E-state index contributed by atoms with van der Waals surface area (Å²) in [5.74, 6) is 0.458. The van der Waals surface area contributed by atoms with Crippen LogP contribution in [0.4, 0.5) is 0 Å². The average molecular weight is 395 g/mol. The van der Waals surface area contributed by atoms with Gasteiger partial charge in [-0.15, -0.1) is 0 Å². The largest absolute Gasteiger partial charge is 0.401 e. The second kappa shape index (κ2) is 16.4. The molecule has 28 heavy (non-hydrogen) atoms. The predicted molar refractivity (Wildman–Crippen MR) is 124 cm³/mol. The number of allylic oxidation sites excluding steroid dienone is 1. The number of carbonyl (C=O) groups excluding carboxylic acids is 1. The second-order valence-electron chi connectivity index (χ2n) is 7.57. The van der Waals surface area contributed by atoms with Crippen LogP contribution in [0.25, 0.3) is 0 Å². The molecule has 0 amide bonds. The Morgan fingerprint density at radius 1 is 1.21 bits per heavy atom. The third kappa shape index (κ3) is 10.1. The first-order valence-corrected chi connectivity index (χ1v) is 10.5. The Labute approximate surface area is 174 Å². The standard InChI is InChI=1S/C20H38N4.C2H6.CH2O/c1-7-17(4)24-14-8-9-20(15-24,10-12-22-6)11-13-23-19(16(2)3)18(5)21;2*1-2/h7,16,19,22-23H,1,4-5,8-15,21H2,2-3,6H3;1-2H3;1H2. The fourth-order valence-corrected chi connectivity index (χ4v) is 3.79. The van der Waals surface area contributed by atoms with E-state index in [-0.39, 0.29) is 6.04 Å². The fraction of sp³-hybridized carbons (Fsp3) is 0.696. The van der Waals surface area contributed by atoms with E-state index in [1.807, 2.05) is 33.8 Å². The van der Waals surface area contributed by atoms with Gasteiger partial charge < -0.3 is 26.1 Å². The van der Waals surface area contributed by atoms with E-state index >= 15 is 0 Å². The van der Waals surface area contributed by atoms with Gasteiger partial charge in [0.15, 0.2) is 0 Å². The molecule has 0 aromatic heterocycles. The maximum absolute atomic E-state index is 8.00. The number of nitrogens with zero attached hydrogens (tertiary/aromatic N) is 1. The van der Waals surface area contributed by atoms with Crippen molar-refractivity contribution in [2.75, 3.05) is 33.2 Å². The predicted octanol–water partition coefficient (Wildman–Crippen LogP) is 3.70. The van der Waals surface area contributed by atoms with Crippen LogP contribution in [0.1, 0.15) is 53.4 Å². The number of rotatable bonds is 11. The van der Waals surface area contributed by atoms with E-state index in [4.69, 9.17) is 10.5 Å². The Morgan fingerprint density at radius 2 is 1.79 bits per heavy atom. The molecule has 0 spiro atoms. The van der Waals surface area contributed by atoms with Crippen molar-refractivity contribution in [3.8, 4) is 0 Å². The Balaban J connectivity index is 0. The Hall–Kier alpha value is -1.59. The molecule has 0 saturated carbocycles. The Morgan fingerprint density at radius 3 is 2.25 bits per heavy atom. The molecule has 0 bridgehead atoms. The van der Waals surface area contributed by atoms with Gasteiger partial charge in [-0.3, -0.25) is 0 Å². The third-order valence-electron chi connectivity index (χ3n) is 5.29. The highest BCUT2D eigenvalue weighted by Crippen LogP contribution is 2.37. The molecule has 1 saturated heterocycles. The van der Waals surface area contributed by atoms with E-state index in [1.165, 1.54) is 19.3 Å². The second-order valence-corrected chi connectivity index (χ2v) is 7.57. The zero-order valence-corrected chi connectivity index (χ0v) is 19.2. The van der Waals surface area contributed by atoms with Crippen LogP contribution in [0, 0.1) is 11.3 Å². The number of piperidine rings is 1. The maximum Gasteiger partial charge on any atom is 0.106 e. The van der Waals surface area contributed by atoms with Gasteiger partial charge in [-0.1, -0.05) is 47.4 Å². The minimum atomic E-state index is 0.189. The number of hydrogen-bond donors (Lipinski definition) is 3. The van der Waals surface area contributed by atoms with Gasteiger partial charge in [0.05, 0.1) is 0 Å². The number of hydrogen-bond acceptors (Lipinski definition) is 5. The Kier molecular flexibility index (Phi) is 16.7. The molecule has 0 aromatic carbocycles. The lowest BCUT2D eigenvalue weighted by Gasteiger charge is -2.45. The summed E-state index contributed by atoms with van der Waals surface area (Å²) >= 11 is 0. The minimum Gasteiger partial charge on any atom is -0.401 e. The fourth-order valence-electron chi connectivity index (χ4n) is 3.79. The molecule has 0 radical (unpaired) electrons. The lowest BCUT2D eigenvalue weighted by Crippen LogP contribution is -2.46. The molecule has 164 valence electrons. The van der Waals surface area contributed by atoms with Crippen LogP contribution in [-0.4, -0.2) is 51.0 Å². The monoisotopic (exact) mass is 394 g/mol. The molecule has 1 rings (SSSR count). The molecule has 2 atom stereocenters. The molecular weight excluding hydrogens is 348 g/mol. The van der Waals surface area contributed by atoms with Crippen molar-refractivity contribution in [3.63, 3.8) is 0 Å². The van der Waals surface area contributed by atoms with Crippen molar-refractivity contribution in [3.05, 3.63) is 37.2 Å². The average Bonchev–Trinajstić information content (AvgIpc) is 2.71. The third-order valence-corrected chi connectivity index (χ3v) is 5.29. The van der Waals surface area contributed by atoms with Crippen LogP contribution in [0.5, 0.6) is 0 Å². The topological polar surface area (TPSA) is 70.4 Å². The van der Waals surface area contributed by atoms with Crippen LogP contribution in [0.3, 0.4) is 0 Å². The molecule has 1 heterocycles. The molecule has 1 aliphatic heterocycles. The van der Waals surface area contributed by atoms with E-state index in [0.29, 0.717) is 11.3 Å². The van der Waals surface area contributed by atoms with Gasteiger partial charge in [-0.2, -0.15) is 0 Å². The van der Waals surface area contributed by atoms with Gasteiger partial charge in [-0.25, -0.2) is 0 Å². The van der Waals surface area contributed by atoms with E-state index in [2.05, 4.69) is 49.1 Å². The number of nitrogens with two attached hydrogens (primary N) is 1. The summed E-state index contributed by atoms with van der Waals surface area (Å²) in [6, 6.07) is 0.189. The molecular formula is C23H46N4O. The first kappa shape index (κ1) is 28.6. The molecule has 5 heteroatoms. The van der Waals surface area contributed by atoms with E-state index in [0.717, 1.165) is 44.0 Å². The van der Waals surface area contributed by atoms with Gasteiger partial charge in [0.2, 0.25) is 0 Å². The summed E-state index contributed by atoms with van der Waals surface area (Å²) in [5, 5.41) is 6.94. The van der Waals surface area contributed by atoms with Crippen LogP contribution in [-0.2, 0) is 4.79 Å². The first-order valence-electron chi connectivity index (χ1n) is 10.5. The van der Waals surface area contributed by atoms with Gasteiger partial charge in [0.1, 0.15) is 6.79 Å². The van der Waals surface area contributed by atoms with Gasteiger partial charge >= 0.3 is 0 Å². The lowest BCUT2D eigenvalue weighted by molar-refractivity contribution is -0.0979. The highest BCUT2D eigenvalue weighted by atomic mass is 16.1. The Bertz CT molecular complexity index is 450. The highest BCUT2D eigenvalue weighted by molar-refractivity contribution is 5.12. The van der Waals surface area contributed by atoms with E-state index in [9.17, 15) is 0 Å². The molecule has 0 aliphatic carbocycles. The molecule has 4 N–H and O–H groups in total. The zero-order chi connectivity index (χ0) is 22.2. The first-order chi connectivity index (χ1) is 13.3. The summed E-state index contributed by atoms with van der Waals surface area (Å²) in [5.41, 5.74) is 8.05. The van der Waals surface area contributed by atoms with E-state index < -0.39 is 0 Å². The molecule has 1 fully saturated rings. The van der Waals surface area contributed by atoms with Crippen molar-refractivity contribution in [1.82, 2.24) is 15.5 Å². The van der Waals surface area contributed by atoms with Gasteiger partial charge in [-0.05, 0) is 63.2 Å². The molecule has 5 nitrogen and oxygen atoms in total. The maximum atomic E-state index is 8.00. The van der Waals surface area contributed by atoms with Crippen molar-refractivity contribution in [2.24, 2.45) is 17.1 Å². The van der Waals surface area contributed by atoms with E-state index in [1.54, 1.807) is 0 Å². The van der Waals surface area contributed by atoms with Crippen LogP contribution < -0.4 is 16.4 Å². The van der Waals surface area contributed by atoms with Crippen LogP contribution >= 0.6 is 0 Å². The smallest absolute Gasteiger partial charge is 0.106 e. The minimum absolute atomic E-state index is 0.189. The van der Waals surface area contributed by atoms with Crippen molar-refractivity contribution in [2.45, 2.75) is 59.4 Å². The quantitative estimate of drug-likeness (QED) is 0.466. The summed E-state index contributed by atoms with van der Waals surface area (Å²) in [4.78, 5) is 10.4. The normalized spacial score (nSPS) is 19.6. The number of nitrogens with one attached hydrogen (secondary N) is 2. The van der Waals surface area contributed by atoms with Crippen LogP contribution in [0.2, 0.25) is 0 Å². The molecule has 2 unspecified atom stereocenters. The van der Waals surface area contributed by atoms with Crippen LogP contribution in [0.15, 0.2) is 37.2 Å². The van der Waals surface area contributed by atoms with Crippen molar-refractivity contribution >= 4 is 6.79 Å². The summed E-state index contributed by atoms with van der Waals surface area (Å²) in [6.45, 7) is 26.5. The lowest BCUT2D eigenvalue weighted by atomic mass is 9.74. The molecule has 1 aliphatic rings.